The molecular formula is C12H17NO2. The van der Waals surface area contributed by atoms with Gasteiger partial charge in [-0.2, -0.15) is 0 Å². The molecule has 0 saturated heterocycles. The van der Waals surface area contributed by atoms with Crippen molar-refractivity contribution in [2.24, 2.45) is 5.92 Å². The highest BCUT2D eigenvalue weighted by Crippen LogP contribution is 2.21. The Bertz CT molecular complexity index is 311. The molecule has 0 aliphatic heterocycles. The van der Waals surface area contributed by atoms with Crippen LogP contribution in [0.1, 0.15) is 18.5 Å². The van der Waals surface area contributed by atoms with Crippen LogP contribution in [0.25, 0.3) is 0 Å². The van der Waals surface area contributed by atoms with E-state index in [2.05, 4.69) is 5.32 Å². The Hall–Kier alpha value is -1.35. The number of carbonyl (C=O) groups is 1. The highest BCUT2D eigenvalue weighted by atomic mass is 16.5. The SMILES string of the molecule is CN[C@H](c1ccccc1)[C@@H](C)C(=O)OC. The summed E-state index contributed by atoms with van der Waals surface area (Å²) >= 11 is 0. The standard InChI is InChI=1S/C12H17NO2/c1-9(12(14)15-3)11(13-2)10-7-5-4-6-8-10/h4-9,11,13H,1-3H3/t9-,11+/m1/s1. The molecular weight excluding hydrogens is 190 g/mol. The Balaban J connectivity index is 2.85. The summed E-state index contributed by atoms with van der Waals surface area (Å²) < 4.78 is 4.74. The number of rotatable bonds is 4. The van der Waals surface area contributed by atoms with Crippen LogP contribution in [0.2, 0.25) is 0 Å². The maximum atomic E-state index is 11.4. The number of hydrogen-bond acceptors (Lipinski definition) is 3. The van der Waals surface area contributed by atoms with Crippen molar-refractivity contribution < 1.29 is 9.53 Å². The third kappa shape index (κ3) is 2.80. The molecule has 0 aromatic heterocycles. The van der Waals surface area contributed by atoms with Crippen LogP contribution in [0.5, 0.6) is 0 Å². The van der Waals surface area contributed by atoms with E-state index in [0.29, 0.717) is 0 Å². The molecule has 0 saturated carbocycles. The van der Waals surface area contributed by atoms with Crippen molar-refractivity contribution in [3.8, 4) is 0 Å². The average molecular weight is 207 g/mol. The second kappa shape index (κ2) is 5.51. The highest BCUT2D eigenvalue weighted by molar-refractivity contribution is 5.73. The van der Waals surface area contributed by atoms with Gasteiger partial charge in [0.25, 0.3) is 0 Å². The number of methoxy groups -OCH3 is 1. The summed E-state index contributed by atoms with van der Waals surface area (Å²) in [5.74, 6) is -0.388. The van der Waals surface area contributed by atoms with Crippen LogP contribution in [0.3, 0.4) is 0 Å². The molecule has 3 nitrogen and oxygen atoms in total. The van der Waals surface area contributed by atoms with Crippen molar-refractivity contribution in [2.75, 3.05) is 14.2 Å². The Kier molecular flexibility index (Phi) is 4.31. The van der Waals surface area contributed by atoms with Gasteiger partial charge in [-0.05, 0) is 12.6 Å². The predicted octanol–water partition coefficient (Wildman–Crippen LogP) is 1.76. The lowest BCUT2D eigenvalue weighted by atomic mass is 9.95. The summed E-state index contributed by atoms with van der Waals surface area (Å²) in [7, 11) is 3.26. The zero-order valence-corrected chi connectivity index (χ0v) is 9.36. The van der Waals surface area contributed by atoms with E-state index in [1.165, 1.54) is 7.11 Å². The molecule has 0 aliphatic rings. The number of esters is 1. The monoisotopic (exact) mass is 207 g/mol. The smallest absolute Gasteiger partial charge is 0.310 e. The first kappa shape index (κ1) is 11.7. The summed E-state index contributed by atoms with van der Waals surface area (Å²) in [6.45, 7) is 1.86. The van der Waals surface area contributed by atoms with E-state index < -0.39 is 0 Å². The van der Waals surface area contributed by atoms with Crippen LogP contribution >= 0.6 is 0 Å². The second-order valence-electron chi connectivity index (χ2n) is 3.49. The molecule has 2 atom stereocenters. The molecule has 0 unspecified atom stereocenters. The van der Waals surface area contributed by atoms with Gasteiger partial charge >= 0.3 is 5.97 Å². The Labute approximate surface area is 90.4 Å². The molecule has 0 fully saturated rings. The lowest BCUT2D eigenvalue weighted by Gasteiger charge is -2.21. The van der Waals surface area contributed by atoms with Gasteiger partial charge in [-0.25, -0.2) is 0 Å². The molecule has 1 rings (SSSR count). The largest absolute Gasteiger partial charge is 0.469 e. The van der Waals surface area contributed by atoms with Gasteiger partial charge in [0.1, 0.15) is 0 Å². The first-order valence-electron chi connectivity index (χ1n) is 5.00. The molecule has 0 amide bonds. The fraction of sp³-hybridized carbons (Fsp3) is 0.417. The van der Waals surface area contributed by atoms with Gasteiger partial charge in [-0.3, -0.25) is 4.79 Å². The van der Waals surface area contributed by atoms with Crippen molar-refractivity contribution in [1.29, 1.82) is 0 Å². The van der Waals surface area contributed by atoms with Crippen LogP contribution in [0, 0.1) is 5.92 Å². The van der Waals surface area contributed by atoms with E-state index in [4.69, 9.17) is 4.74 Å². The van der Waals surface area contributed by atoms with Gasteiger partial charge in [0, 0.05) is 6.04 Å². The molecule has 0 radical (unpaired) electrons. The molecule has 3 heteroatoms. The molecule has 1 N–H and O–H groups in total. The number of ether oxygens (including phenoxy) is 1. The minimum atomic E-state index is -0.196. The lowest BCUT2D eigenvalue weighted by molar-refractivity contribution is -0.145. The van der Waals surface area contributed by atoms with Gasteiger partial charge in [-0.15, -0.1) is 0 Å². The van der Waals surface area contributed by atoms with Crippen LogP contribution in [-0.2, 0) is 9.53 Å². The van der Waals surface area contributed by atoms with Crippen LogP contribution in [0.15, 0.2) is 30.3 Å². The molecule has 0 spiro atoms. The highest BCUT2D eigenvalue weighted by Gasteiger charge is 2.24. The Morgan fingerprint density at radius 3 is 2.40 bits per heavy atom. The summed E-state index contributed by atoms with van der Waals surface area (Å²) in [6, 6.07) is 9.88. The van der Waals surface area contributed by atoms with Gasteiger partial charge in [-0.1, -0.05) is 37.3 Å². The maximum Gasteiger partial charge on any atom is 0.310 e. The first-order valence-corrected chi connectivity index (χ1v) is 5.00. The summed E-state index contributed by atoms with van der Waals surface area (Å²) in [4.78, 5) is 11.4. The van der Waals surface area contributed by atoms with Crippen LogP contribution in [0.4, 0.5) is 0 Å². The molecule has 1 aromatic rings. The predicted molar refractivity (Wildman–Crippen MR) is 59.4 cm³/mol. The molecule has 15 heavy (non-hydrogen) atoms. The minimum Gasteiger partial charge on any atom is -0.469 e. The molecule has 0 heterocycles. The normalized spacial score (nSPS) is 14.3. The first-order chi connectivity index (χ1) is 7.20. The minimum absolute atomic E-state index is 0.00125. The van der Waals surface area contributed by atoms with Crippen molar-refractivity contribution in [3.63, 3.8) is 0 Å². The third-order valence-corrected chi connectivity index (χ3v) is 2.54. The van der Waals surface area contributed by atoms with Crippen LogP contribution in [-0.4, -0.2) is 20.1 Å². The van der Waals surface area contributed by atoms with E-state index in [9.17, 15) is 4.79 Å². The van der Waals surface area contributed by atoms with Crippen molar-refractivity contribution in [2.45, 2.75) is 13.0 Å². The number of nitrogens with one attached hydrogen (secondary N) is 1. The molecule has 1 aromatic carbocycles. The second-order valence-corrected chi connectivity index (χ2v) is 3.49. The third-order valence-electron chi connectivity index (χ3n) is 2.54. The summed E-state index contributed by atoms with van der Waals surface area (Å²) in [5.41, 5.74) is 1.10. The van der Waals surface area contributed by atoms with Gasteiger partial charge in [0.2, 0.25) is 0 Å². The van der Waals surface area contributed by atoms with Gasteiger partial charge in [0.15, 0.2) is 0 Å². The average Bonchev–Trinajstić information content (AvgIpc) is 2.30. The van der Waals surface area contributed by atoms with E-state index in [1.54, 1.807) is 0 Å². The fourth-order valence-electron chi connectivity index (χ4n) is 1.69. The van der Waals surface area contributed by atoms with E-state index >= 15 is 0 Å². The zero-order chi connectivity index (χ0) is 11.3. The maximum absolute atomic E-state index is 11.4. The Morgan fingerprint density at radius 2 is 1.93 bits per heavy atom. The Morgan fingerprint density at radius 1 is 1.33 bits per heavy atom. The van der Waals surface area contributed by atoms with Crippen LogP contribution < -0.4 is 5.32 Å². The lowest BCUT2D eigenvalue weighted by Crippen LogP contribution is -2.29. The van der Waals surface area contributed by atoms with Gasteiger partial charge < -0.3 is 10.1 Å². The summed E-state index contributed by atoms with van der Waals surface area (Å²) in [5, 5.41) is 3.13. The topological polar surface area (TPSA) is 38.3 Å². The van der Waals surface area contributed by atoms with E-state index in [0.717, 1.165) is 5.56 Å². The quantitative estimate of drug-likeness (QED) is 0.764. The molecule has 0 aliphatic carbocycles. The molecule has 82 valence electrons. The van der Waals surface area contributed by atoms with Crippen molar-refractivity contribution in [3.05, 3.63) is 35.9 Å². The number of benzene rings is 1. The zero-order valence-electron chi connectivity index (χ0n) is 9.36. The number of hydrogen-bond donors (Lipinski definition) is 1. The van der Waals surface area contributed by atoms with E-state index in [1.807, 2.05) is 44.3 Å². The number of carbonyl (C=O) groups excluding carboxylic acids is 1. The summed E-state index contributed by atoms with van der Waals surface area (Å²) in [6.07, 6.45) is 0. The molecule has 0 bridgehead atoms. The fourth-order valence-corrected chi connectivity index (χ4v) is 1.69. The van der Waals surface area contributed by atoms with Gasteiger partial charge in [0.05, 0.1) is 13.0 Å². The van der Waals surface area contributed by atoms with E-state index in [-0.39, 0.29) is 17.9 Å². The van der Waals surface area contributed by atoms with Crippen molar-refractivity contribution >= 4 is 5.97 Å². The van der Waals surface area contributed by atoms with Crippen molar-refractivity contribution in [1.82, 2.24) is 5.32 Å².